The number of hydrogen-bond acceptors (Lipinski definition) is 4. The van der Waals surface area contributed by atoms with Crippen LogP contribution in [0.15, 0.2) is 23.0 Å². The van der Waals surface area contributed by atoms with Crippen molar-refractivity contribution in [1.29, 1.82) is 0 Å². The van der Waals surface area contributed by atoms with Crippen molar-refractivity contribution in [1.82, 2.24) is 19.5 Å². The Bertz CT molecular complexity index is 899. The van der Waals surface area contributed by atoms with Crippen molar-refractivity contribution in [3.63, 3.8) is 0 Å². The van der Waals surface area contributed by atoms with Crippen molar-refractivity contribution in [2.24, 2.45) is 0 Å². The summed E-state index contributed by atoms with van der Waals surface area (Å²) in [4.78, 5) is 23.1. The van der Waals surface area contributed by atoms with Crippen LogP contribution in [0, 0.1) is 6.92 Å². The van der Waals surface area contributed by atoms with Gasteiger partial charge in [-0.1, -0.05) is 35.3 Å². The average Bonchev–Trinajstić information content (AvgIpc) is 2.73. The summed E-state index contributed by atoms with van der Waals surface area (Å²) in [5.74, 6) is 0.732. The fourth-order valence-corrected chi connectivity index (χ4v) is 2.53. The number of nitrogens with zero attached hydrogens (tertiary/aromatic N) is 3. The van der Waals surface area contributed by atoms with E-state index in [1.807, 2.05) is 0 Å². The molecule has 21 heavy (non-hydrogen) atoms. The molecule has 3 N–H and O–H groups in total. The Morgan fingerprint density at radius 3 is 2.86 bits per heavy atom. The number of anilines is 1. The van der Waals surface area contributed by atoms with Gasteiger partial charge in [0.05, 0.1) is 16.6 Å². The first-order chi connectivity index (χ1) is 9.97. The molecule has 2 heterocycles. The lowest BCUT2D eigenvalue weighted by molar-refractivity contribution is 0.776. The second-order valence-electron chi connectivity index (χ2n) is 4.58. The van der Waals surface area contributed by atoms with Crippen LogP contribution in [-0.4, -0.2) is 19.5 Å². The van der Waals surface area contributed by atoms with E-state index >= 15 is 0 Å². The van der Waals surface area contributed by atoms with Gasteiger partial charge in [-0.25, -0.2) is 14.8 Å². The lowest BCUT2D eigenvalue weighted by atomic mass is 10.2. The summed E-state index contributed by atoms with van der Waals surface area (Å²) >= 11 is 12.2. The van der Waals surface area contributed by atoms with Crippen molar-refractivity contribution >= 4 is 40.2 Å². The van der Waals surface area contributed by atoms with Crippen molar-refractivity contribution in [2.45, 2.75) is 13.5 Å². The Balaban J connectivity index is 2.19. The smallest absolute Gasteiger partial charge is 0.328 e. The molecule has 0 saturated heterocycles. The standard InChI is InChI=1S/C13H11Cl2N5O/c1-6-17-11(16)10-12(18-6)20(13(21)19-10)5-7-3-2-4-8(14)9(7)15/h2-4H,5H2,1H3,(H,19,21)(H2,16,17,18). The van der Waals surface area contributed by atoms with Gasteiger partial charge in [-0.15, -0.1) is 0 Å². The van der Waals surface area contributed by atoms with E-state index in [1.54, 1.807) is 25.1 Å². The number of H-pyrrole nitrogens is 1. The zero-order valence-electron chi connectivity index (χ0n) is 11.0. The monoisotopic (exact) mass is 323 g/mol. The van der Waals surface area contributed by atoms with E-state index < -0.39 is 0 Å². The van der Waals surface area contributed by atoms with Gasteiger partial charge in [0.15, 0.2) is 11.5 Å². The van der Waals surface area contributed by atoms with Gasteiger partial charge in [-0.2, -0.15) is 0 Å². The molecular formula is C13H11Cl2N5O. The normalized spacial score (nSPS) is 11.2. The Kier molecular flexibility index (Phi) is 3.35. The molecule has 0 aliphatic heterocycles. The van der Waals surface area contributed by atoms with Crippen LogP contribution in [0.3, 0.4) is 0 Å². The number of aromatic nitrogens is 4. The van der Waals surface area contributed by atoms with Crippen LogP contribution >= 0.6 is 23.2 Å². The van der Waals surface area contributed by atoms with Gasteiger partial charge in [0.2, 0.25) is 0 Å². The molecule has 0 unspecified atom stereocenters. The Morgan fingerprint density at radius 2 is 2.10 bits per heavy atom. The van der Waals surface area contributed by atoms with Gasteiger partial charge in [0.25, 0.3) is 0 Å². The van der Waals surface area contributed by atoms with E-state index in [0.717, 1.165) is 5.56 Å². The summed E-state index contributed by atoms with van der Waals surface area (Å²) in [7, 11) is 0. The van der Waals surface area contributed by atoms with Gasteiger partial charge < -0.3 is 10.7 Å². The molecule has 0 bridgehead atoms. The predicted molar refractivity (Wildman–Crippen MR) is 82.9 cm³/mol. The highest BCUT2D eigenvalue weighted by Gasteiger charge is 2.14. The van der Waals surface area contributed by atoms with Gasteiger partial charge in [0, 0.05) is 0 Å². The van der Waals surface area contributed by atoms with Crippen molar-refractivity contribution in [2.75, 3.05) is 5.73 Å². The van der Waals surface area contributed by atoms with Crippen LogP contribution in [0.1, 0.15) is 11.4 Å². The number of fused-ring (bicyclic) bond motifs is 1. The van der Waals surface area contributed by atoms with E-state index in [4.69, 9.17) is 28.9 Å². The summed E-state index contributed by atoms with van der Waals surface area (Å²) in [5, 5.41) is 0.853. The number of nitrogen functional groups attached to an aromatic ring is 1. The summed E-state index contributed by atoms with van der Waals surface area (Å²) < 4.78 is 1.46. The molecule has 2 aromatic heterocycles. The highest BCUT2D eigenvalue weighted by molar-refractivity contribution is 6.42. The first-order valence-corrected chi connectivity index (χ1v) is 6.88. The maximum absolute atomic E-state index is 12.1. The number of nitrogens with two attached hydrogens (primary N) is 1. The van der Waals surface area contributed by atoms with E-state index in [9.17, 15) is 4.79 Å². The largest absolute Gasteiger partial charge is 0.382 e. The zero-order valence-corrected chi connectivity index (χ0v) is 12.5. The molecule has 0 aliphatic carbocycles. The van der Waals surface area contributed by atoms with Gasteiger partial charge in [0.1, 0.15) is 11.3 Å². The van der Waals surface area contributed by atoms with Crippen molar-refractivity contribution in [3.8, 4) is 0 Å². The number of aromatic amines is 1. The summed E-state index contributed by atoms with van der Waals surface area (Å²) in [6, 6.07) is 5.27. The third-order valence-corrected chi connectivity index (χ3v) is 3.98. The van der Waals surface area contributed by atoms with E-state index in [-0.39, 0.29) is 18.1 Å². The number of halogens is 2. The van der Waals surface area contributed by atoms with Gasteiger partial charge in [-0.3, -0.25) is 4.57 Å². The maximum Gasteiger partial charge on any atom is 0.328 e. The molecule has 8 heteroatoms. The minimum atomic E-state index is -0.326. The number of rotatable bonds is 2. The Labute approximate surface area is 129 Å². The molecule has 0 saturated carbocycles. The number of imidazole rings is 1. The highest BCUT2D eigenvalue weighted by Crippen LogP contribution is 2.26. The van der Waals surface area contributed by atoms with E-state index in [2.05, 4.69) is 15.0 Å². The molecule has 1 aromatic carbocycles. The zero-order chi connectivity index (χ0) is 15.1. The molecule has 108 valence electrons. The highest BCUT2D eigenvalue weighted by atomic mass is 35.5. The molecule has 3 rings (SSSR count). The van der Waals surface area contributed by atoms with Crippen LogP contribution < -0.4 is 11.4 Å². The van der Waals surface area contributed by atoms with Crippen molar-refractivity contribution in [3.05, 3.63) is 50.1 Å². The first-order valence-electron chi connectivity index (χ1n) is 6.13. The minimum Gasteiger partial charge on any atom is -0.382 e. The molecule has 0 spiro atoms. The Morgan fingerprint density at radius 1 is 1.33 bits per heavy atom. The van der Waals surface area contributed by atoms with Gasteiger partial charge >= 0.3 is 5.69 Å². The number of benzene rings is 1. The van der Waals surface area contributed by atoms with Crippen molar-refractivity contribution < 1.29 is 0 Å². The number of nitrogens with one attached hydrogen (secondary N) is 1. The maximum atomic E-state index is 12.1. The summed E-state index contributed by atoms with van der Waals surface area (Å²) in [6.07, 6.45) is 0. The lowest BCUT2D eigenvalue weighted by Crippen LogP contribution is -2.18. The molecule has 3 aromatic rings. The second-order valence-corrected chi connectivity index (χ2v) is 5.37. The summed E-state index contributed by atoms with van der Waals surface area (Å²) in [5.41, 5.74) is 7.07. The number of hydrogen-bond donors (Lipinski definition) is 2. The quantitative estimate of drug-likeness (QED) is 0.757. The van der Waals surface area contributed by atoms with E-state index in [1.165, 1.54) is 4.57 Å². The Hall–Kier alpha value is -2.05. The van der Waals surface area contributed by atoms with E-state index in [0.29, 0.717) is 27.0 Å². The first kappa shape index (κ1) is 13.9. The van der Waals surface area contributed by atoms with Crippen LogP contribution in [0.5, 0.6) is 0 Å². The SMILES string of the molecule is Cc1nc(N)c2[nH]c(=O)n(Cc3cccc(Cl)c3Cl)c2n1. The minimum absolute atomic E-state index is 0.241. The average molecular weight is 324 g/mol. The fraction of sp³-hybridized carbons (Fsp3) is 0.154. The topological polar surface area (TPSA) is 89.6 Å². The second kappa shape index (κ2) is 5.05. The lowest BCUT2D eigenvalue weighted by Gasteiger charge is -2.07. The number of aryl methyl sites for hydroxylation is 1. The van der Waals surface area contributed by atoms with Crippen LogP contribution in [0.4, 0.5) is 5.82 Å². The third-order valence-electron chi connectivity index (χ3n) is 3.12. The molecular weight excluding hydrogens is 313 g/mol. The van der Waals surface area contributed by atoms with Crippen LogP contribution in [0.25, 0.3) is 11.2 Å². The third kappa shape index (κ3) is 2.36. The molecule has 0 amide bonds. The molecule has 0 aliphatic rings. The molecule has 0 atom stereocenters. The fourth-order valence-electron chi connectivity index (χ4n) is 2.15. The predicted octanol–water partition coefficient (Wildman–Crippen LogP) is 2.37. The van der Waals surface area contributed by atoms with Crippen LogP contribution in [-0.2, 0) is 6.54 Å². The molecule has 6 nitrogen and oxygen atoms in total. The molecule has 0 radical (unpaired) electrons. The summed E-state index contributed by atoms with van der Waals surface area (Å²) in [6.45, 7) is 1.96. The van der Waals surface area contributed by atoms with Gasteiger partial charge in [-0.05, 0) is 18.6 Å². The molecule has 0 fully saturated rings. The van der Waals surface area contributed by atoms with Crippen LogP contribution in [0.2, 0.25) is 10.0 Å².